The van der Waals surface area contributed by atoms with E-state index in [2.05, 4.69) is 26.6 Å². The lowest BCUT2D eigenvalue weighted by atomic mass is 9.97. The summed E-state index contributed by atoms with van der Waals surface area (Å²) in [5, 5.41) is 17.6. The summed E-state index contributed by atoms with van der Waals surface area (Å²) in [6, 6.07) is 12.8. The van der Waals surface area contributed by atoms with E-state index in [1.807, 2.05) is 42.5 Å². The second-order valence-corrected chi connectivity index (χ2v) is 13.0. The number of rotatable bonds is 4. The summed E-state index contributed by atoms with van der Waals surface area (Å²) >= 11 is 3.51. The minimum atomic E-state index is -3.38. The fraction of sp³-hybridized carbons (Fsp3) is 0.519. The standard InChI is InChI=1S/C27H35BrN2O6S/c1-18-17-37(33,34)12-3-2-10-35-21-6-4-5-19(13-21)14-24(30-27(18)32)25(31)16-29-23-9-11-36-26-8-7-20(28)15-22(23)26/h4-8,13,15,18,23-25,29,31H,2-3,9-12,14,16-17H2,1H3,(H,30,32)/t18-,23-,24+,25-/m1/s1. The molecule has 0 fully saturated rings. The van der Waals surface area contributed by atoms with Crippen LogP contribution in [0.2, 0.25) is 0 Å². The van der Waals surface area contributed by atoms with Crippen LogP contribution < -0.4 is 20.1 Å². The van der Waals surface area contributed by atoms with Crippen molar-refractivity contribution in [1.29, 1.82) is 0 Å². The highest BCUT2D eigenvalue weighted by Crippen LogP contribution is 2.34. The number of ether oxygens (including phenoxy) is 2. The van der Waals surface area contributed by atoms with E-state index >= 15 is 0 Å². The topological polar surface area (TPSA) is 114 Å². The molecule has 2 aliphatic rings. The number of aliphatic hydroxyl groups excluding tert-OH is 1. The molecule has 0 saturated carbocycles. The van der Waals surface area contributed by atoms with Gasteiger partial charge in [0, 0.05) is 35.0 Å². The van der Waals surface area contributed by atoms with Gasteiger partial charge in [0.1, 0.15) is 11.5 Å². The first kappa shape index (κ1) is 27.9. The summed E-state index contributed by atoms with van der Waals surface area (Å²) in [7, 11) is -3.38. The minimum Gasteiger partial charge on any atom is -0.494 e. The molecule has 0 saturated heterocycles. The molecule has 8 nitrogen and oxygen atoms in total. The number of halogens is 1. The number of carbonyl (C=O) groups is 1. The second kappa shape index (κ2) is 12.6. The Bertz CT molecular complexity index is 1190. The number of amides is 1. The molecule has 4 atom stereocenters. The number of carbonyl (C=O) groups excluding carboxylic acids is 1. The van der Waals surface area contributed by atoms with Gasteiger partial charge in [0.15, 0.2) is 9.84 Å². The van der Waals surface area contributed by atoms with E-state index in [0.29, 0.717) is 38.2 Å². The Kier molecular flexibility index (Phi) is 9.50. The summed E-state index contributed by atoms with van der Waals surface area (Å²) in [5.74, 6) is 0.200. The lowest BCUT2D eigenvalue weighted by Crippen LogP contribution is -2.51. The molecule has 4 rings (SSSR count). The average Bonchev–Trinajstić information content (AvgIpc) is 2.86. The molecule has 2 aromatic rings. The molecule has 10 heteroatoms. The summed E-state index contributed by atoms with van der Waals surface area (Å²) in [6.07, 6.45) is 1.31. The van der Waals surface area contributed by atoms with Gasteiger partial charge < -0.3 is 25.2 Å². The Morgan fingerprint density at radius 2 is 2.00 bits per heavy atom. The molecule has 0 aliphatic carbocycles. The molecule has 202 valence electrons. The summed E-state index contributed by atoms with van der Waals surface area (Å²) in [6.45, 7) is 2.85. The van der Waals surface area contributed by atoms with Crippen LogP contribution in [0.3, 0.4) is 0 Å². The fourth-order valence-electron chi connectivity index (χ4n) is 4.76. The van der Waals surface area contributed by atoms with Crippen LogP contribution in [0.5, 0.6) is 11.5 Å². The van der Waals surface area contributed by atoms with E-state index in [0.717, 1.165) is 27.8 Å². The summed E-state index contributed by atoms with van der Waals surface area (Å²) in [4.78, 5) is 13.0. The van der Waals surface area contributed by atoms with Crippen molar-refractivity contribution in [3.63, 3.8) is 0 Å². The van der Waals surface area contributed by atoms with E-state index in [1.54, 1.807) is 6.92 Å². The maximum Gasteiger partial charge on any atom is 0.224 e. The van der Waals surface area contributed by atoms with Crippen LogP contribution in [0.25, 0.3) is 0 Å². The van der Waals surface area contributed by atoms with Gasteiger partial charge in [0.25, 0.3) is 0 Å². The van der Waals surface area contributed by atoms with Gasteiger partial charge in [-0.3, -0.25) is 4.79 Å². The zero-order valence-electron chi connectivity index (χ0n) is 21.0. The monoisotopic (exact) mass is 594 g/mol. The summed E-state index contributed by atoms with van der Waals surface area (Å²) < 4.78 is 37.6. The van der Waals surface area contributed by atoms with E-state index in [1.165, 1.54) is 0 Å². The smallest absolute Gasteiger partial charge is 0.224 e. The van der Waals surface area contributed by atoms with E-state index in [4.69, 9.17) is 9.47 Å². The second-order valence-electron chi connectivity index (χ2n) is 9.89. The fourth-order valence-corrected chi connectivity index (χ4v) is 6.86. The number of hydrogen-bond donors (Lipinski definition) is 3. The third kappa shape index (κ3) is 7.92. The molecular weight excluding hydrogens is 560 g/mol. The first-order valence-corrected chi connectivity index (χ1v) is 15.4. The van der Waals surface area contributed by atoms with Crippen LogP contribution >= 0.6 is 15.9 Å². The number of aliphatic hydroxyl groups is 1. The molecule has 0 spiro atoms. The first-order chi connectivity index (χ1) is 17.7. The maximum atomic E-state index is 13.0. The van der Waals surface area contributed by atoms with Crippen LogP contribution in [0.1, 0.15) is 43.4 Å². The number of benzene rings is 2. The molecule has 2 heterocycles. The number of fused-ring (bicyclic) bond motifs is 3. The highest BCUT2D eigenvalue weighted by Gasteiger charge is 2.29. The van der Waals surface area contributed by atoms with E-state index < -0.39 is 27.9 Å². The van der Waals surface area contributed by atoms with Gasteiger partial charge >= 0.3 is 0 Å². The number of hydrogen-bond acceptors (Lipinski definition) is 7. The van der Waals surface area contributed by atoms with Gasteiger partial charge in [-0.2, -0.15) is 0 Å². The third-order valence-corrected chi connectivity index (χ3v) is 9.21. The normalized spacial score (nSPS) is 25.3. The summed E-state index contributed by atoms with van der Waals surface area (Å²) in [5.41, 5.74) is 1.93. The van der Waals surface area contributed by atoms with Crippen LogP contribution in [0.4, 0.5) is 0 Å². The molecule has 1 amide bonds. The Balaban J connectivity index is 1.51. The van der Waals surface area contributed by atoms with Crippen LogP contribution in [0, 0.1) is 5.92 Å². The molecule has 2 aromatic carbocycles. The molecule has 0 unspecified atom stereocenters. The van der Waals surface area contributed by atoms with E-state index in [9.17, 15) is 18.3 Å². The van der Waals surface area contributed by atoms with Gasteiger partial charge in [-0.15, -0.1) is 0 Å². The molecule has 3 N–H and O–H groups in total. The lowest BCUT2D eigenvalue weighted by Gasteiger charge is -2.30. The highest BCUT2D eigenvalue weighted by molar-refractivity contribution is 9.10. The molecule has 0 radical (unpaired) electrons. The van der Waals surface area contributed by atoms with Gasteiger partial charge in [-0.1, -0.05) is 35.0 Å². The Morgan fingerprint density at radius 3 is 2.84 bits per heavy atom. The average molecular weight is 596 g/mol. The third-order valence-electron chi connectivity index (χ3n) is 6.80. The minimum absolute atomic E-state index is 0.00495. The predicted octanol–water partition coefficient (Wildman–Crippen LogP) is 3.17. The van der Waals surface area contributed by atoms with Crippen LogP contribution in [0.15, 0.2) is 46.9 Å². The van der Waals surface area contributed by atoms with Gasteiger partial charge in [0.2, 0.25) is 5.91 Å². The Hall–Kier alpha value is -2.14. The van der Waals surface area contributed by atoms with Crippen molar-refractivity contribution in [1.82, 2.24) is 10.6 Å². The SMILES string of the molecule is C[C@@H]1CS(=O)(=O)CCCCOc2cccc(c2)C[C@@H]([C@H](O)CN[C@@H]2CCOc3ccc(Br)cc32)NC1=O. The Morgan fingerprint density at radius 1 is 1.16 bits per heavy atom. The zero-order valence-corrected chi connectivity index (χ0v) is 23.4. The van der Waals surface area contributed by atoms with Crippen LogP contribution in [-0.4, -0.2) is 62.8 Å². The van der Waals surface area contributed by atoms with Crippen LogP contribution in [-0.2, 0) is 21.1 Å². The van der Waals surface area contributed by atoms with E-state index in [-0.39, 0.29) is 30.0 Å². The highest BCUT2D eigenvalue weighted by atomic mass is 79.9. The number of sulfone groups is 1. The first-order valence-electron chi connectivity index (χ1n) is 12.8. The maximum absolute atomic E-state index is 13.0. The molecular formula is C27H35BrN2O6S. The van der Waals surface area contributed by atoms with Gasteiger partial charge in [0.05, 0.1) is 36.9 Å². The van der Waals surface area contributed by atoms with Crippen molar-refractivity contribution in [3.05, 3.63) is 58.1 Å². The molecule has 2 aliphatic heterocycles. The Labute approximate surface area is 227 Å². The molecule has 37 heavy (non-hydrogen) atoms. The molecule has 0 aromatic heterocycles. The quantitative estimate of drug-likeness (QED) is 0.498. The predicted molar refractivity (Wildman–Crippen MR) is 146 cm³/mol. The largest absolute Gasteiger partial charge is 0.494 e. The number of nitrogens with one attached hydrogen (secondary N) is 2. The van der Waals surface area contributed by atoms with Gasteiger partial charge in [-0.05, 0) is 55.2 Å². The lowest BCUT2D eigenvalue weighted by molar-refractivity contribution is -0.125. The van der Waals surface area contributed by atoms with Crippen molar-refractivity contribution in [3.8, 4) is 11.5 Å². The van der Waals surface area contributed by atoms with Crippen molar-refractivity contribution >= 4 is 31.7 Å². The van der Waals surface area contributed by atoms with Crippen molar-refractivity contribution in [2.24, 2.45) is 5.92 Å². The van der Waals surface area contributed by atoms with Crippen molar-refractivity contribution in [2.45, 2.75) is 50.8 Å². The molecule has 2 bridgehead atoms. The van der Waals surface area contributed by atoms with Crippen molar-refractivity contribution < 1.29 is 27.8 Å². The van der Waals surface area contributed by atoms with Gasteiger partial charge in [-0.25, -0.2) is 8.42 Å². The zero-order chi connectivity index (χ0) is 26.4. The van der Waals surface area contributed by atoms with Crippen molar-refractivity contribution in [2.75, 3.05) is 31.3 Å².